The highest BCUT2D eigenvalue weighted by atomic mass is 16.5. The molecule has 3 heteroatoms. The molecule has 0 aromatic carbocycles. The molecule has 0 saturated carbocycles. The Morgan fingerprint density at radius 3 is 2.47 bits per heavy atom. The van der Waals surface area contributed by atoms with E-state index in [2.05, 4.69) is 31.2 Å². The highest BCUT2D eigenvalue weighted by molar-refractivity contribution is 4.49. The molecule has 0 aromatic heterocycles. The van der Waals surface area contributed by atoms with Gasteiger partial charge in [-0.05, 0) is 20.5 Å². The first-order chi connectivity index (χ1) is 7.27. The lowest BCUT2D eigenvalue weighted by molar-refractivity contribution is 0.131. The van der Waals surface area contributed by atoms with E-state index in [1.165, 1.54) is 25.7 Å². The highest BCUT2D eigenvalue weighted by Crippen LogP contribution is 1.98. The van der Waals surface area contributed by atoms with Crippen LogP contribution >= 0.6 is 0 Å². The number of rotatable bonds is 11. The van der Waals surface area contributed by atoms with Crippen LogP contribution < -0.4 is 5.32 Å². The first kappa shape index (κ1) is 14.9. The van der Waals surface area contributed by atoms with Gasteiger partial charge in [-0.3, -0.25) is 0 Å². The molecule has 0 atom stereocenters. The molecule has 0 spiro atoms. The Morgan fingerprint density at radius 1 is 1.00 bits per heavy atom. The Bertz CT molecular complexity index is 118. The monoisotopic (exact) mass is 216 g/mol. The fourth-order valence-electron chi connectivity index (χ4n) is 1.30. The highest BCUT2D eigenvalue weighted by Gasteiger charge is 1.91. The smallest absolute Gasteiger partial charge is 0.0590 e. The molecule has 0 bridgehead atoms. The molecule has 0 aromatic rings. The molecule has 0 heterocycles. The van der Waals surface area contributed by atoms with Crippen molar-refractivity contribution in [2.45, 2.75) is 32.6 Å². The largest absolute Gasteiger partial charge is 0.380 e. The van der Waals surface area contributed by atoms with Crippen molar-refractivity contribution < 1.29 is 4.74 Å². The van der Waals surface area contributed by atoms with Crippen LogP contribution in [0, 0.1) is 0 Å². The van der Waals surface area contributed by atoms with Crippen LogP contribution in [0.5, 0.6) is 0 Å². The number of likely N-dealkylation sites (N-methyl/N-ethyl adjacent to an activating group) is 1. The van der Waals surface area contributed by atoms with Gasteiger partial charge in [-0.1, -0.05) is 26.2 Å². The number of nitrogens with one attached hydrogen (secondary N) is 1. The minimum atomic E-state index is 0.847. The van der Waals surface area contributed by atoms with Crippen molar-refractivity contribution >= 4 is 0 Å². The molecule has 0 unspecified atom stereocenters. The van der Waals surface area contributed by atoms with E-state index in [1.807, 2.05) is 0 Å². The molecule has 0 aliphatic heterocycles. The fraction of sp³-hybridized carbons (Fsp3) is 1.00. The summed E-state index contributed by atoms with van der Waals surface area (Å²) in [6, 6.07) is 0. The summed E-state index contributed by atoms with van der Waals surface area (Å²) >= 11 is 0. The van der Waals surface area contributed by atoms with Crippen molar-refractivity contribution in [3.05, 3.63) is 0 Å². The summed E-state index contributed by atoms with van der Waals surface area (Å²) in [5.74, 6) is 0. The van der Waals surface area contributed by atoms with Crippen LogP contribution in [0.25, 0.3) is 0 Å². The summed E-state index contributed by atoms with van der Waals surface area (Å²) in [6.07, 6.45) is 5.16. The van der Waals surface area contributed by atoms with Crippen molar-refractivity contribution in [2.75, 3.05) is 46.9 Å². The summed E-state index contributed by atoms with van der Waals surface area (Å²) in [7, 11) is 4.18. The fourth-order valence-corrected chi connectivity index (χ4v) is 1.30. The Labute approximate surface area is 95.2 Å². The molecular formula is C12H28N2O. The van der Waals surface area contributed by atoms with E-state index in [0.717, 1.165) is 32.8 Å². The zero-order valence-electron chi connectivity index (χ0n) is 10.7. The molecule has 0 aliphatic carbocycles. The maximum Gasteiger partial charge on any atom is 0.0590 e. The van der Waals surface area contributed by atoms with Crippen LogP contribution in [-0.2, 0) is 4.74 Å². The molecule has 3 nitrogen and oxygen atoms in total. The number of unbranched alkanes of at least 4 members (excludes halogenated alkanes) is 3. The van der Waals surface area contributed by atoms with Gasteiger partial charge in [0.05, 0.1) is 6.61 Å². The van der Waals surface area contributed by atoms with Gasteiger partial charge in [0.25, 0.3) is 0 Å². The summed E-state index contributed by atoms with van der Waals surface area (Å²) < 4.78 is 5.51. The molecular weight excluding hydrogens is 188 g/mol. The van der Waals surface area contributed by atoms with Crippen LogP contribution in [0.4, 0.5) is 0 Å². The Kier molecular flexibility index (Phi) is 11.9. The van der Waals surface area contributed by atoms with Crippen molar-refractivity contribution in [2.24, 2.45) is 0 Å². The summed E-state index contributed by atoms with van der Waals surface area (Å²) in [5, 5.41) is 3.35. The van der Waals surface area contributed by atoms with E-state index in [4.69, 9.17) is 4.74 Å². The lowest BCUT2D eigenvalue weighted by Gasteiger charge is -2.10. The average Bonchev–Trinajstić information content (AvgIpc) is 2.20. The molecule has 92 valence electrons. The molecule has 0 saturated heterocycles. The predicted molar refractivity (Wildman–Crippen MR) is 66.4 cm³/mol. The minimum Gasteiger partial charge on any atom is -0.380 e. The van der Waals surface area contributed by atoms with Crippen molar-refractivity contribution in [3.63, 3.8) is 0 Å². The average molecular weight is 216 g/mol. The summed E-state index contributed by atoms with van der Waals surface area (Å²) in [5.41, 5.74) is 0. The maximum atomic E-state index is 5.51. The number of ether oxygens (including phenoxy) is 1. The van der Waals surface area contributed by atoms with Gasteiger partial charge in [0, 0.05) is 26.2 Å². The molecule has 0 aliphatic rings. The summed E-state index contributed by atoms with van der Waals surface area (Å²) in [4.78, 5) is 2.18. The lowest BCUT2D eigenvalue weighted by atomic mass is 10.2. The quantitative estimate of drug-likeness (QED) is 0.532. The van der Waals surface area contributed by atoms with E-state index in [0.29, 0.717) is 0 Å². The van der Waals surface area contributed by atoms with Crippen LogP contribution in [0.3, 0.4) is 0 Å². The second-order valence-electron chi connectivity index (χ2n) is 4.23. The van der Waals surface area contributed by atoms with Gasteiger partial charge in [0.2, 0.25) is 0 Å². The van der Waals surface area contributed by atoms with Gasteiger partial charge in [-0.2, -0.15) is 0 Å². The van der Waals surface area contributed by atoms with Gasteiger partial charge < -0.3 is 15.0 Å². The predicted octanol–water partition coefficient (Wildman–Crippen LogP) is 1.73. The Morgan fingerprint density at radius 2 is 1.80 bits per heavy atom. The number of nitrogens with zero attached hydrogens (tertiary/aromatic N) is 1. The van der Waals surface area contributed by atoms with E-state index < -0.39 is 0 Å². The van der Waals surface area contributed by atoms with Crippen LogP contribution in [-0.4, -0.2) is 51.8 Å². The normalized spacial score (nSPS) is 11.2. The zero-order valence-corrected chi connectivity index (χ0v) is 10.7. The SMILES string of the molecule is CCCCCCOCCNCCN(C)C. The van der Waals surface area contributed by atoms with Crippen LogP contribution in [0.15, 0.2) is 0 Å². The molecule has 0 radical (unpaired) electrons. The van der Waals surface area contributed by atoms with Crippen molar-refractivity contribution in [1.82, 2.24) is 10.2 Å². The third kappa shape index (κ3) is 13.9. The van der Waals surface area contributed by atoms with Gasteiger partial charge in [-0.25, -0.2) is 0 Å². The van der Waals surface area contributed by atoms with Gasteiger partial charge in [0.15, 0.2) is 0 Å². The van der Waals surface area contributed by atoms with Crippen molar-refractivity contribution in [3.8, 4) is 0 Å². The first-order valence-corrected chi connectivity index (χ1v) is 6.20. The maximum absolute atomic E-state index is 5.51. The number of hydrogen-bond donors (Lipinski definition) is 1. The van der Waals surface area contributed by atoms with Crippen LogP contribution in [0.2, 0.25) is 0 Å². The minimum absolute atomic E-state index is 0.847. The van der Waals surface area contributed by atoms with Crippen molar-refractivity contribution in [1.29, 1.82) is 0 Å². The Hall–Kier alpha value is -0.120. The standard InChI is InChI=1S/C12H28N2O/c1-4-5-6-7-11-15-12-9-13-8-10-14(2)3/h13H,4-12H2,1-3H3. The third-order valence-corrected chi connectivity index (χ3v) is 2.30. The molecule has 15 heavy (non-hydrogen) atoms. The van der Waals surface area contributed by atoms with E-state index >= 15 is 0 Å². The van der Waals surface area contributed by atoms with E-state index in [9.17, 15) is 0 Å². The lowest BCUT2D eigenvalue weighted by Crippen LogP contribution is -2.29. The molecule has 1 N–H and O–H groups in total. The van der Waals surface area contributed by atoms with Crippen LogP contribution in [0.1, 0.15) is 32.6 Å². The summed E-state index contributed by atoms with van der Waals surface area (Å²) in [6.45, 7) is 7.12. The van der Waals surface area contributed by atoms with E-state index in [1.54, 1.807) is 0 Å². The topological polar surface area (TPSA) is 24.5 Å². The van der Waals surface area contributed by atoms with Gasteiger partial charge >= 0.3 is 0 Å². The van der Waals surface area contributed by atoms with Gasteiger partial charge in [0.1, 0.15) is 0 Å². The molecule has 0 rings (SSSR count). The molecule has 0 fully saturated rings. The van der Waals surface area contributed by atoms with E-state index in [-0.39, 0.29) is 0 Å². The Balaban J connectivity index is 2.87. The number of hydrogen-bond acceptors (Lipinski definition) is 3. The van der Waals surface area contributed by atoms with Gasteiger partial charge in [-0.15, -0.1) is 0 Å². The first-order valence-electron chi connectivity index (χ1n) is 6.20. The molecule has 0 amide bonds. The second kappa shape index (κ2) is 12.0. The second-order valence-corrected chi connectivity index (χ2v) is 4.23. The third-order valence-electron chi connectivity index (χ3n) is 2.30. The zero-order chi connectivity index (χ0) is 11.4.